The second kappa shape index (κ2) is 6.63. The first-order valence-corrected chi connectivity index (χ1v) is 7.39. The highest BCUT2D eigenvalue weighted by Crippen LogP contribution is 2.24. The number of carbonyl (C=O) groups is 1. The smallest absolute Gasteiger partial charge is 0.255 e. The maximum absolute atomic E-state index is 12.2. The van der Waals surface area contributed by atoms with Gasteiger partial charge < -0.3 is 15.8 Å². The molecule has 0 heterocycles. The molecule has 0 atom stereocenters. The van der Waals surface area contributed by atoms with Gasteiger partial charge in [0.15, 0.2) is 0 Å². The van der Waals surface area contributed by atoms with Gasteiger partial charge in [-0.1, -0.05) is 15.9 Å². The number of rotatable bonds is 4. The Bertz CT molecular complexity index is 651. The van der Waals surface area contributed by atoms with E-state index in [1.54, 1.807) is 18.2 Å². The van der Waals surface area contributed by atoms with Gasteiger partial charge in [-0.05, 0) is 55.8 Å². The van der Waals surface area contributed by atoms with Gasteiger partial charge in [-0.2, -0.15) is 0 Å². The van der Waals surface area contributed by atoms with E-state index in [1.807, 2.05) is 32.0 Å². The van der Waals surface area contributed by atoms with Crippen LogP contribution in [0.4, 0.5) is 11.4 Å². The summed E-state index contributed by atoms with van der Waals surface area (Å²) >= 11 is 3.41. The summed E-state index contributed by atoms with van der Waals surface area (Å²) in [7, 11) is 0. The van der Waals surface area contributed by atoms with Crippen LogP contribution in [-0.4, -0.2) is 12.5 Å². The van der Waals surface area contributed by atoms with Gasteiger partial charge in [0.25, 0.3) is 5.91 Å². The van der Waals surface area contributed by atoms with Crippen molar-refractivity contribution in [2.24, 2.45) is 0 Å². The minimum Gasteiger partial charge on any atom is -0.492 e. The van der Waals surface area contributed by atoms with Crippen molar-refractivity contribution in [3.63, 3.8) is 0 Å². The van der Waals surface area contributed by atoms with Crippen molar-refractivity contribution >= 4 is 33.2 Å². The number of hydrogen-bond acceptors (Lipinski definition) is 3. The van der Waals surface area contributed by atoms with Crippen LogP contribution in [0.1, 0.15) is 22.8 Å². The molecule has 0 aliphatic heterocycles. The van der Waals surface area contributed by atoms with Crippen molar-refractivity contribution in [3.8, 4) is 5.75 Å². The number of amides is 1. The van der Waals surface area contributed by atoms with Gasteiger partial charge >= 0.3 is 0 Å². The van der Waals surface area contributed by atoms with Gasteiger partial charge in [0.05, 0.1) is 12.3 Å². The number of carbonyl (C=O) groups excluding carboxylic acids is 1. The standard InChI is InChI=1S/C16H17BrN2O2/c1-3-21-15-5-4-11(8-14(15)18)16(20)19-13-7-10(2)6-12(17)9-13/h4-9H,3,18H2,1-2H3,(H,19,20). The molecule has 2 aromatic carbocycles. The fourth-order valence-electron chi connectivity index (χ4n) is 1.99. The number of halogens is 1. The minimum atomic E-state index is -0.206. The second-order valence-corrected chi connectivity index (χ2v) is 5.57. The number of nitrogen functional groups attached to an aromatic ring is 1. The van der Waals surface area contributed by atoms with Crippen LogP contribution in [0.2, 0.25) is 0 Å². The molecule has 4 nitrogen and oxygen atoms in total. The molecular formula is C16H17BrN2O2. The Morgan fingerprint density at radius 2 is 2.05 bits per heavy atom. The Morgan fingerprint density at radius 1 is 1.29 bits per heavy atom. The maximum Gasteiger partial charge on any atom is 0.255 e. The predicted octanol–water partition coefficient (Wildman–Crippen LogP) is 3.99. The zero-order valence-electron chi connectivity index (χ0n) is 11.9. The summed E-state index contributed by atoms with van der Waals surface area (Å²) in [5.74, 6) is 0.384. The van der Waals surface area contributed by atoms with Crippen molar-refractivity contribution in [3.05, 3.63) is 52.0 Å². The first-order chi connectivity index (χ1) is 9.99. The third-order valence-corrected chi connectivity index (χ3v) is 3.33. The summed E-state index contributed by atoms with van der Waals surface area (Å²) in [4.78, 5) is 12.2. The van der Waals surface area contributed by atoms with E-state index >= 15 is 0 Å². The van der Waals surface area contributed by atoms with E-state index in [4.69, 9.17) is 10.5 Å². The molecule has 3 N–H and O–H groups in total. The number of nitrogens with one attached hydrogen (secondary N) is 1. The predicted molar refractivity (Wildman–Crippen MR) is 88.9 cm³/mol. The molecule has 5 heteroatoms. The number of benzene rings is 2. The van der Waals surface area contributed by atoms with Gasteiger partial charge in [-0.15, -0.1) is 0 Å². The summed E-state index contributed by atoms with van der Waals surface area (Å²) in [6, 6.07) is 10.8. The lowest BCUT2D eigenvalue weighted by Crippen LogP contribution is -2.12. The molecule has 0 aliphatic rings. The molecule has 0 aromatic heterocycles. The molecule has 0 unspecified atom stereocenters. The SMILES string of the molecule is CCOc1ccc(C(=O)Nc2cc(C)cc(Br)c2)cc1N. The van der Waals surface area contributed by atoms with Crippen LogP contribution in [0.15, 0.2) is 40.9 Å². The molecule has 0 saturated carbocycles. The van der Waals surface area contributed by atoms with E-state index in [0.717, 1.165) is 15.7 Å². The lowest BCUT2D eigenvalue weighted by atomic mass is 10.1. The minimum absolute atomic E-state index is 0.206. The largest absolute Gasteiger partial charge is 0.492 e. The molecule has 0 aliphatic carbocycles. The monoisotopic (exact) mass is 348 g/mol. The first kappa shape index (κ1) is 15.4. The lowest BCUT2D eigenvalue weighted by molar-refractivity contribution is 0.102. The summed E-state index contributed by atoms with van der Waals surface area (Å²) < 4.78 is 6.28. The Hall–Kier alpha value is -2.01. The Balaban J connectivity index is 2.18. The van der Waals surface area contributed by atoms with E-state index in [0.29, 0.717) is 23.6 Å². The van der Waals surface area contributed by atoms with E-state index in [2.05, 4.69) is 21.2 Å². The molecule has 110 valence electrons. The van der Waals surface area contributed by atoms with Crippen LogP contribution in [0.5, 0.6) is 5.75 Å². The van der Waals surface area contributed by atoms with Crippen molar-refractivity contribution < 1.29 is 9.53 Å². The lowest BCUT2D eigenvalue weighted by Gasteiger charge is -2.10. The van der Waals surface area contributed by atoms with E-state index < -0.39 is 0 Å². The average Bonchev–Trinajstić information content (AvgIpc) is 2.40. The molecule has 1 amide bonds. The van der Waals surface area contributed by atoms with Gasteiger partial charge in [0.1, 0.15) is 5.75 Å². The quantitative estimate of drug-likeness (QED) is 0.821. The van der Waals surface area contributed by atoms with Crippen molar-refractivity contribution in [2.45, 2.75) is 13.8 Å². The van der Waals surface area contributed by atoms with Crippen LogP contribution < -0.4 is 15.8 Å². The summed E-state index contributed by atoms with van der Waals surface area (Å²) in [5.41, 5.74) is 8.62. The molecule has 0 fully saturated rings. The summed E-state index contributed by atoms with van der Waals surface area (Å²) in [5, 5.41) is 2.85. The van der Waals surface area contributed by atoms with Gasteiger partial charge in [0.2, 0.25) is 0 Å². The van der Waals surface area contributed by atoms with Gasteiger partial charge in [-0.25, -0.2) is 0 Å². The second-order valence-electron chi connectivity index (χ2n) is 4.66. The summed E-state index contributed by atoms with van der Waals surface area (Å²) in [6.07, 6.45) is 0. The highest BCUT2D eigenvalue weighted by atomic mass is 79.9. The van der Waals surface area contributed by atoms with E-state index in [9.17, 15) is 4.79 Å². The Morgan fingerprint density at radius 3 is 2.67 bits per heavy atom. The number of hydrogen-bond donors (Lipinski definition) is 2. The highest BCUT2D eigenvalue weighted by molar-refractivity contribution is 9.10. The van der Waals surface area contributed by atoms with Crippen LogP contribution in [-0.2, 0) is 0 Å². The third-order valence-electron chi connectivity index (χ3n) is 2.87. The molecule has 0 radical (unpaired) electrons. The number of ether oxygens (including phenoxy) is 1. The molecule has 0 bridgehead atoms. The molecule has 0 spiro atoms. The highest BCUT2D eigenvalue weighted by Gasteiger charge is 2.09. The fourth-order valence-corrected chi connectivity index (χ4v) is 2.60. The van der Waals surface area contributed by atoms with Gasteiger partial charge in [0, 0.05) is 15.7 Å². The zero-order chi connectivity index (χ0) is 15.4. The van der Waals surface area contributed by atoms with Crippen LogP contribution in [0, 0.1) is 6.92 Å². The number of nitrogens with two attached hydrogens (primary N) is 1. The zero-order valence-corrected chi connectivity index (χ0v) is 13.5. The van der Waals surface area contributed by atoms with Crippen molar-refractivity contribution in [1.29, 1.82) is 0 Å². The number of aryl methyl sites for hydroxylation is 1. The average molecular weight is 349 g/mol. The van der Waals surface area contributed by atoms with Crippen molar-refractivity contribution in [2.75, 3.05) is 17.7 Å². The molecule has 2 rings (SSSR count). The van der Waals surface area contributed by atoms with Crippen molar-refractivity contribution in [1.82, 2.24) is 0 Å². The summed E-state index contributed by atoms with van der Waals surface area (Å²) in [6.45, 7) is 4.39. The van der Waals surface area contributed by atoms with Gasteiger partial charge in [-0.3, -0.25) is 4.79 Å². The van der Waals surface area contributed by atoms with E-state index in [-0.39, 0.29) is 5.91 Å². The Kier molecular flexibility index (Phi) is 4.85. The van der Waals surface area contributed by atoms with E-state index in [1.165, 1.54) is 0 Å². The third kappa shape index (κ3) is 3.98. The van der Waals surface area contributed by atoms with Crippen LogP contribution >= 0.6 is 15.9 Å². The maximum atomic E-state index is 12.2. The van der Waals surface area contributed by atoms with Crippen LogP contribution in [0.25, 0.3) is 0 Å². The fraction of sp³-hybridized carbons (Fsp3) is 0.188. The number of anilines is 2. The molecule has 2 aromatic rings. The molecular weight excluding hydrogens is 332 g/mol. The first-order valence-electron chi connectivity index (χ1n) is 6.60. The topological polar surface area (TPSA) is 64.3 Å². The van der Waals surface area contributed by atoms with Crippen LogP contribution in [0.3, 0.4) is 0 Å². The molecule has 0 saturated heterocycles. The normalized spacial score (nSPS) is 10.2. The Labute approximate surface area is 132 Å². The molecule has 21 heavy (non-hydrogen) atoms.